The Kier molecular flexibility index (Phi) is 3.36. The Balaban J connectivity index is 1.73. The van der Waals surface area contributed by atoms with Crippen molar-refractivity contribution in [2.24, 2.45) is 5.92 Å². The first-order valence-electron chi connectivity index (χ1n) is 5.79. The summed E-state index contributed by atoms with van der Waals surface area (Å²) in [7, 11) is 0. The Morgan fingerprint density at radius 3 is 2.33 bits per heavy atom. The molecule has 2 fully saturated rings. The number of rotatable bonds is 3. The number of nitrogens with zero attached hydrogens (tertiary/aromatic N) is 1. The van der Waals surface area contributed by atoms with Crippen molar-refractivity contribution in [2.45, 2.75) is 32.1 Å². The standard InChI is InChI=1S/C11H18N2O2/c14-10-7-13(8-11(15)12-10)6-5-9-3-1-2-4-9/h9H,1-8H2,(H,12,14,15). The van der Waals surface area contributed by atoms with Gasteiger partial charge in [-0.3, -0.25) is 19.8 Å². The van der Waals surface area contributed by atoms with E-state index >= 15 is 0 Å². The van der Waals surface area contributed by atoms with Crippen molar-refractivity contribution in [1.29, 1.82) is 0 Å². The number of carbonyl (C=O) groups is 2. The van der Waals surface area contributed by atoms with Gasteiger partial charge in [-0.2, -0.15) is 0 Å². The van der Waals surface area contributed by atoms with Gasteiger partial charge in [-0.1, -0.05) is 25.7 Å². The molecule has 4 heteroatoms. The van der Waals surface area contributed by atoms with Crippen LogP contribution in [0.3, 0.4) is 0 Å². The molecule has 0 spiro atoms. The molecule has 4 nitrogen and oxygen atoms in total. The Morgan fingerprint density at radius 1 is 1.13 bits per heavy atom. The van der Waals surface area contributed by atoms with Crippen LogP contribution in [0.15, 0.2) is 0 Å². The topological polar surface area (TPSA) is 49.4 Å². The zero-order chi connectivity index (χ0) is 10.7. The molecule has 0 atom stereocenters. The van der Waals surface area contributed by atoms with Gasteiger partial charge in [-0.15, -0.1) is 0 Å². The molecule has 84 valence electrons. The lowest BCUT2D eigenvalue weighted by Gasteiger charge is -2.26. The molecule has 0 radical (unpaired) electrons. The van der Waals surface area contributed by atoms with E-state index in [0.29, 0.717) is 13.1 Å². The molecular weight excluding hydrogens is 192 g/mol. The van der Waals surface area contributed by atoms with Gasteiger partial charge in [-0.05, 0) is 18.9 Å². The molecule has 1 saturated carbocycles. The van der Waals surface area contributed by atoms with E-state index in [9.17, 15) is 9.59 Å². The second-order valence-corrected chi connectivity index (χ2v) is 4.62. The lowest BCUT2D eigenvalue weighted by Crippen LogP contribution is -2.51. The Hall–Kier alpha value is -0.900. The fraction of sp³-hybridized carbons (Fsp3) is 0.818. The van der Waals surface area contributed by atoms with E-state index < -0.39 is 0 Å². The van der Waals surface area contributed by atoms with Crippen LogP contribution in [0, 0.1) is 5.92 Å². The number of imide groups is 1. The zero-order valence-electron chi connectivity index (χ0n) is 9.00. The summed E-state index contributed by atoms with van der Waals surface area (Å²) in [5.41, 5.74) is 0. The SMILES string of the molecule is O=C1CN(CCC2CCCC2)CC(=O)N1. The van der Waals surface area contributed by atoms with Crippen LogP contribution >= 0.6 is 0 Å². The number of hydrogen-bond acceptors (Lipinski definition) is 3. The van der Waals surface area contributed by atoms with Crippen molar-refractivity contribution in [3.05, 3.63) is 0 Å². The van der Waals surface area contributed by atoms with Gasteiger partial charge >= 0.3 is 0 Å². The van der Waals surface area contributed by atoms with Crippen LogP contribution in [0.1, 0.15) is 32.1 Å². The fourth-order valence-electron chi connectivity index (χ4n) is 2.52. The molecule has 1 heterocycles. The molecule has 1 aliphatic carbocycles. The molecule has 2 rings (SSSR count). The predicted molar refractivity (Wildman–Crippen MR) is 56.2 cm³/mol. The van der Waals surface area contributed by atoms with Crippen LogP contribution in [0.25, 0.3) is 0 Å². The van der Waals surface area contributed by atoms with E-state index in [0.717, 1.165) is 18.9 Å². The maximum absolute atomic E-state index is 11.1. The van der Waals surface area contributed by atoms with Crippen LogP contribution in [0.2, 0.25) is 0 Å². The predicted octanol–water partition coefficient (Wildman–Crippen LogP) is 0.525. The lowest BCUT2D eigenvalue weighted by molar-refractivity contribution is -0.136. The van der Waals surface area contributed by atoms with E-state index in [2.05, 4.69) is 5.32 Å². The van der Waals surface area contributed by atoms with Crippen LogP contribution in [0.4, 0.5) is 0 Å². The summed E-state index contributed by atoms with van der Waals surface area (Å²) in [6.45, 7) is 1.67. The van der Waals surface area contributed by atoms with Crippen molar-refractivity contribution in [3.8, 4) is 0 Å². The summed E-state index contributed by atoms with van der Waals surface area (Å²) < 4.78 is 0. The third-order valence-corrected chi connectivity index (χ3v) is 3.34. The average Bonchev–Trinajstić information content (AvgIpc) is 2.65. The average molecular weight is 210 g/mol. The van der Waals surface area contributed by atoms with Gasteiger partial charge in [0.15, 0.2) is 0 Å². The number of hydrogen-bond donors (Lipinski definition) is 1. The molecule has 2 amide bonds. The normalized spacial score (nSPS) is 24.5. The van der Waals surface area contributed by atoms with Crippen molar-refractivity contribution >= 4 is 11.8 Å². The molecule has 0 unspecified atom stereocenters. The summed E-state index contributed by atoms with van der Waals surface area (Å²) in [4.78, 5) is 24.2. The van der Waals surface area contributed by atoms with Gasteiger partial charge < -0.3 is 0 Å². The van der Waals surface area contributed by atoms with Gasteiger partial charge in [0.2, 0.25) is 11.8 Å². The van der Waals surface area contributed by atoms with Gasteiger partial charge in [0.25, 0.3) is 0 Å². The highest BCUT2D eigenvalue weighted by Crippen LogP contribution is 2.27. The summed E-state index contributed by atoms with van der Waals surface area (Å²) in [5.74, 6) is 0.514. The fourth-order valence-corrected chi connectivity index (χ4v) is 2.52. The first-order valence-corrected chi connectivity index (χ1v) is 5.79. The van der Waals surface area contributed by atoms with Crippen LogP contribution in [0.5, 0.6) is 0 Å². The molecule has 0 aromatic carbocycles. The van der Waals surface area contributed by atoms with Crippen molar-refractivity contribution in [2.75, 3.05) is 19.6 Å². The monoisotopic (exact) mass is 210 g/mol. The smallest absolute Gasteiger partial charge is 0.240 e. The maximum Gasteiger partial charge on any atom is 0.240 e. The number of carbonyl (C=O) groups excluding carboxylic acids is 2. The molecule has 1 saturated heterocycles. The minimum atomic E-state index is -0.155. The molecule has 15 heavy (non-hydrogen) atoms. The van der Waals surface area contributed by atoms with Gasteiger partial charge in [0.05, 0.1) is 13.1 Å². The maximum atomic E-state index is 11.1. The third kappa shape index (κ3) is 3.02. The van der Waals surface area contributed by atoms with E-state index in [4.69, 9.17) is 0 Å². The minimum absolute atomic E-state index is 0.155. The second-order valence-electron chi connectivity index (χ2n) is 4.62. The number of piperazine rings is 1. The third-order valence-electron chi connectivity index (χ3n) is 3.34. The van der Waals surface area contributed by atoms with Crippen molar-refractivity contribution in [1.82, 2.24) is 10.2 Å². The van der Waals surface area contributed by atoms with E-state index in [-0.39, 0.29) is 11.8 Å². The van der Waals surface area contributed by atoms with Crippen molar-refractivity contribution in [3.63, 3.8) is 0 Å². The number of amides is 2. The van der Waals surface area contributed by atoms with Gasteiger partial charge in [-0.25, -0.2) is 0 Å². The first-order chi connectivity index (χ1) is 7.24. The van der Waals surface area contributed by atoms with Crippen LogP contribution < -0.4 is 5.32 Å². The second kappa shape index (κ2) is 4.75. The minimum Gasteiger partial charge on any atom is -0.294 e. The molecule has 1 N–H and O–H groups in total. The van der Waals surface area contributed by atoms with Gasteiger partial charge in [0, 0.05) is 0 Å². The van der Waals surface area contributed by atoms with Crippen molar-refractivity contribution < 1.29 is 9.59 Å². The Labute approximate surface area is 90.0 Å². The van der Waals surface area contributed by atoms with E-state index in [1.807, 2.05) is 4.90 Å². The summed E-state index contributed by atoms with van der Waals surface area (Å²) in [5, 5.41) is 2.32. The lowest BCUT2D eigenvalue weighted by atomic mass is 10.0. The Bertz CT molecular complexity index is 243. The highest BCUT2D eigenvalue weighted by molar-refractivity contribution is 5.99. The molecule has 0 bridgehead atoms. The largest absolute Gasteiger partial charge is 0.294 e. The Morgan fingerprint density at radius 2 is 1.73 bits per heavy atom. The van der Waals surface area contributed by atoms with Crippen LogP contribution in [-0.4, -0.2) is 36.3 Å². The quantitative estimate of drug-likeness (QED) is 0.691. The van der Waals surface area contributed by atoms with E-state index in [1.165, 1.54) is 25.7 Å². The number of nitrogens with one attached hydrogen (secondary N) is 1. The summed E-state index contributed by atoms with van der Waals surface area (Å²) in [6.07, 6.45) is 6.50. The van der Waals surface area contributed by atoms with E-state index in [1.54, 1.807) is 0 Å². The summed E-state index contributed by atoms with van der Waals surface area (Å²) in [6, 6.07) is 0. The molecule has 0 aromatic heterocycles. The first kappa shape index (κ1) is 10.6. The summed E-state index contributed by atoms with van der Waals surface area (Å²) >= 11 is 0. The molecule has 2 aliphatic rings. The highest BCUT2D eigenvalue weighted by Gasteiger charge is 2.23. The molecule has 1 aliphatic heterocycles. The zero-order valence-corrected chi connectivity index (χ0v) is 9.00. The molecular formula is C11H18N2O2. The molecule has 0 aromatic rings. The van der Waals surface area contributed by atoms with Crippen LogP contribution in [-0.2, 0) is 9.59 Å². The van der Waals surface area contributed by atoms with Gasteiger partial charge in [0.1, 0.15) is 0 Å². The highest BCUT2D eigenvalue weighted by atomic mass is 16.2.